The molecule has 1 aromatic heterocycles. The Labute approximate surface area is 187 Å². The summed E-state index contributed by atoms with van der Waals surface area (Å²) in [7, 11) is 0. The van der Waals surface area contributed by atoms with Crippen molar-refractivity contribution in [3.63, 3.8) is 0 Å². The summed E-state index contributed by atoms with van der Waals surface area (Å²) in [6.45, 7) is 8.96. The van der Waals surface area contributed by atoms with Crippen LogP contribution >= 0.6 is 0 Å². The summed E-state index contributed by atoms with van der Waals surface area (Å²) in [5.41, 5.74) is 7.10. The molecule has 0 saturated carbocycles. The largest absolute Gasteiger partial charge is 0.462 e. The van der Waals surface area contributed by atoms with E-state index in [-0.39, 0.29) is 5.97 Å². The lowest BCUT2D eigenvalue weighted by molar-refractivity contribution is 0.0526. The van der Waals surface area contributed by atoms with Crippen LogP contribution in [-0.2, 0) is 11.2 Å². The number of ether oxygens (including phenoxy) is 1. The average molecular weight is 428 g/mol. The van der Waals surface area contributed by atoms with Crippen LogP contribution in [0.4, 0.5) is 23.1 Å². The first-order valence-corrected chi connectivity index (χ1v) is 10.6. The highest BCUT2D eigenvalue weighted by atomic mass is 16.5. The molecule has 1 aliphatic heterocycles. The number of anilines is 4. The second-order valence-electron chi connectivity index (χ2n) is 7.83. The number of nitrogens with one attached hydrogen (secondary N) is 1. The Hall–Kier alpha value is -3.92. The van der Waals surface area contributed by atoms with Crippen LogP contribution in [0.25, 0.3) is 0 Å². The summed E-state index contributed by atoms with van der Waals surface area (Å²) < 4.78 is 5.16. The van der Waals surface area contributed by atoms with Gasteiger partial charge in [-0.25, -0.2) is 9.78 Å². The van der Waals surface area contributed by atoms with Gasteiger partial charge >= 0.3 is 5.97 Å². The van der Waals surface area contributed by atoms with Crippen LogP contribution in [0.5, 0.6) is 0 Å². The standard InChI is InChI=1S/C25H25N5O2/c1-5-32-24(31)19-12-15(2)22(16(3)13-19)30-11-10-21-17(4)27-25(29-23(21)30)28-20-8-6-18(14-26)7-9-20/h6-9,12-13H,5,10-11H2,1-4H3,(H,27,28,29). The highest BCUT2D eigenvalue weighted by Gasteiger charge is 2.28. The third-order valence-corrected chi connectivity index (χ3v) is 5.58. The molecule has 32 heavy (non-hydrogen) atoms. The summed E-state index contributed by atoms with van der Waals surface area (Å²) in [5, 5.41) is 12.2. The molecule has 0 unspecified atom stereocenters. The van der Waals surface area contributed by atoms with E-state index in [1.54, 1.807) is 19.1 Å². The van der Waals surface area contributed by atoms with Crippen LogP contribution in [0, 0.1) is 32.1 Å². The topological polar surface area (TPSA) is 91.1 Å². The highest BCUT2D eigenvalue weighted by Crippen LogP contribution is 2.39. The molecule has 162 valence electrons. The zero-order chi connectivity index (χ0) is 22.8. The average Bonchev–Trinajstić information content (AvgIpc) is 3.18. The van der Waals surface area contributed by atoms with Gasteiger partial charge in [-0.1, -0.05) is 0 Å². The van der Waals surface area contributed by atoms with Crippen LogP contribution in [0.2, 0.25) is 0 Å². The van der Waals surface area contributed by atoms with Gasteiger partial charge in [-0.2, -0.15) is 10.2 Å². The van der Waals surface area contributed by atoms with Crippen molar-refractivity contribution in [3.05, 3.63) is 69.9 Å². The molecule has 3 aromatic rings. The molecule has 2 aromatic carbocycles. The van der Waals surface area contributed by atoms with Crippen molar-refractivity contribution in [2.24, 2.45) is 0 Å². The Morgan fingerprint density at radius 2 is 1.84 bits per heavy atom. The Bertz CT molecular complexity index is 1210. The molecule has 0 radical (unpaired) electrons. The predicted octanol–water partition coefficient (Wildman–Crippen LogP) is 4.89. The van der Waals surface area contributed by atoms with Crippen LogP contribution in [-0.4, -0.2) is 29.1 Å². The zero-order valence-electron chi connectivity index (χ0n) is 18.7. The summed E-state index contributed by atoms with van der Waals surface area (Å²) in [6, 6.07) is 13.1. The Balaban J connectivity index is 1.69. The third-order valence-electron chi connectivity index (χ3n) is 5.58. The number of rotatable bonds is 5. The van der Waals surface area contributed by atoms with E-state index in [1.165, 1.54) is 0 Å². The van der Waals surface area contributed by atoms with E-state index in [0.29, 0.717) is 23.7 Å². The molecule has 1 aliphatic rings. The third kappa shape index (κ3) is 4.00. The monoisotopic (exact) mass is 427 g/mol. The normalized spacial score (nSPS) is 12.3. The molecule has 7 heteroatoms. The minimum absolute atomic E-state index is 0.306. The van der Waals surface area contributed by atoms with Crippen molar-refractivity contribution < 1.29 is 9.53 Å². The summed E-state index contributed by atoms with van der Waals surface area (Å²) in [6.07, 6.45) is 0.858. The van der Waals surface area contributed by atoms with Gasteiger partial charge in [0.05, 0.1) is 23.8 Å². The van der Waals surface area contributed by atoms with Crippen LogP contribution in [0.15, 0.2) is 36.4 Å². The van der Waals surface area contributed by atoms with Crippen molar-refractivity contribution in [3.8, 4) is 6.07 Å². The zero-order valence-corrected chi connectivity index (χ0v) is 18.7. The number of esters is 1. The second kappa shape index (κ2) is 8.67. The van der Waals surface area contributed by atoms with E-state index in [0.717, 1.165) is 52.5 Å². The summed E-state index contributed by atoms with van der Waals surface area (Å²) in [5.74, 6) is 1.08. The van der Waals surface area contributed by atoms with Gasteiger partial charge in [-0.3, -0.25) is 0 Å². The van der Waals surface area contributed by atoms with Crippen molar-refractivity contribution >= 4 is 29.1 Å². The van der Waals surface area contributed by atoms with Crippen LogP contribution < -0.4 is 10.2 Å². The Morgan fingerprint density at radius 3 is 2.47 bits per heavy atom. The summed E-state index contributed by atoms with van der Waals surface area (Å²) in [4.78, 5) is 23.9. The Kier molecular flexibility index (Phi) is 5.78. The number of hydrogen-bond acceptors (Lipinski definition) is 7. The SMILES string of the molecule is CCOC(=O)c1cc(C)c(N2CCc3c(C)nc(Nc4ccc(C#N)cc4)nc32)c(C)c1. The molecule has 0 atom stereocenters. The second-order valence-corrected chi connectivity index (χ2v) is 7.83. The number of aromatic nitrogens is 2. The number of benzene rings is 2. The predicted molar refractivity (Wildman–Crippen MR) is 124 cm³/mol. The molecule has 4 rings (SSSR count). The fraction of sp³-hybridized carbons (Fsp3) is 0.280. The smallest absolute Gasteiger partial charge is 0.338 e. The van der Waals surface area contributed by atoms with E-state index in [9.17, 15) is 4.79 Å². The van der Waals surface area contributed by atoms with Gasteiger partial charge in [-0.15, -0.1) is 0 Å². The first-order valence-electron chi connectivity index (χ1n) is 10.6. The lowest BCUT2D eigenvalue weighted by Crippen LogP contribution is -2.18. The van der Waals surface area contributed by atoms with Crippen molar-refractivity contribution in [1.29, 1.82) is 5.26 Å². The van der Waals surface area contributed by atoms with E-state index in [4.69, 9.17) is 15.0 Å². The quantitative estimate of drug-likeness (QED) is 0.580. The fourth-order valence-corrected chi connectivity index (χ4v) is 4.17. The maximum atomic E-state index is 12.2. The van der Waals surface area contributed by atoms with Crippen molar-refractivity contribution in [2.45, 2.75) is 34.1 Å². The molecule has 0 spiro atoms. The minimum atomic E-state index is -0.306. The molecular formula is C25H25N5O2. The summed E-state index contributed by atoms with van der Waals surface area (Å²) >= 11 is 0. The Morgan fingerprint density at radius 1 is 1.16 bits per heavy atom. The molecule has 2 heterocycles. The van der Waals surface area contributed by atoms with E-state index in [2.05, 4.69) is 21.3 Å². The van der Waals surface area contributed by atoms with Crippen LogP contribution in [0.3, 0.4) is 0 Å². The van der Waals surface area contributed by atoms with Gasteiger partial charge in [0, 0.05) is 29.2 Å². The highest BCUT2D eigenvalue weighted by molar-refractivity contribution is 5.91. The van der Waals surface area contributed by atoms with Gasteiger partial charge < -0.3 is 15.0 Å². The number of hydrogen-bond donors (Lipinski definition) is 1. The van der Waals surface area contributed by atoms with Gasteiger partial charge in [0.1, 0.15) is 5.82 Å². The molecule has 0 bridgehead atoms. The molecule has 0 aliphatic carbocycles. The molecule has 0 fully saturated rings. The number of aryl methyl sites for hydroxylation is 3. The molecule has 0 amide bonds. The number of nitriles is 1. The minimum Gasteiger partial charge on any atom is -0.462 e. The first kappa shape index (κ1) is 21.3. The van der Waals surface area contributed by atoms with Gasteiger partial charge in [0.15, 0.2) is 0 Å². The van der Waals surface area contributed by atoms with Crippen molar-refractivity contribution in [1.82, 2.24) is 9.97 Å². The van der Waals surface area contributed by atoms with E-state index < -0.39 is 0 Å². The lowest BCUT2D eigenvalue weighted by atomic mass is 10.0. The van der Waals surface area contributed by atoms with Gasteiger partial charge in [0.25, 0.3) is 0 Å². The molecule has 0 saturated heterocycles. The number of carbonyl (C=O) groups is 1. The van der Waals surface area contributed by atoms with E-state index in [1.807, 2.05) is 45.0 Å². The lowest BCUT2D eigenvalue weighted by Gasteiger charge is -2.24. The molecular weight excluding hydrogens is 402 g/mol. The van der Waals surface area contributed by atoms with Crippen molar-refractivity contribution in [2.75, 3.05) is 23.4 Å². The molecule has 7 nitrogen and oxygen atoms in total. The van der Waals surface area contributed by atoms with E-state index >= 15 is 0 Å². The number of carbonyl (C=O) groups excluding carboxylic acids is 1. The van der Waals surface area contributed by atoms with Gasteiger partial charge in [0.2, 0.25) is 5.95 Å². The maximum absolute atomic E-state index is 12.2. The van der Waals surface area contributed by atoms with Crippen LogP contribution in [0.1, 0.15) is 45.2 Å². The number of nitrogens with zero attached hydrogens (tertiary/aromatic N) is 4. The van der Waals surface area contributed by atoms with Gasteiger partial charge in [-0.05, 0) is 81.6 Å². The number of fused-ring (bicyclic) bond motifs is 1. The molecule has 1 N–H and O–H groups in total. The first-order chi connectivity index (χ1) is 15.4. The maximum Gasteiger partial charge on any atom is 0.338 e. The fourth-order valence-electron chi connectivity index (χ4n) is 4.17.